The molecule has 0 aromatic carbocycles. The van der Waals surface area contributed by atoms with E-state index >= 15 is 4.39 Å². The fraction of sp³-hybridized carbons (Fsp3) is 0.136. The molecule has 12 heteroatoms. The number of halogens is 2. The molecule has 0 radical (unpaired) electrons. The maximum Gasteiger partial charge on any atom is 0.374 e. The quantitative estimate of drug-likeness (QED) is 0.382. The standard InChI is InChI=1S/C22H17F2N7O3/c1-3-34-22(32)18-25-10-16(28-18)14-9-27-31-11-15(24)20(29-19(14)31)30-6-4-5-17(30)13-7-12(23)8-26-21(13)33-2/h4-11H,3H2,1-2H3,(H,25,28). The van der Waals surface area contributed by atoms with Crippen LogP contribution < -0.4 is 4.74 Å². The first-order valence-corrected chi connectivity index (χ1v) is 10.1. The lowest BCUT2D eigenvalue weighted by Gasteiger charge is -2.12. The molecule has 10 nitrogen and oxygen atoms in total. The van der Waals surface area contributed by atoms with Gasteiger partial charge in [-0.2, -0.15) is 5.10 Å². The van der Waals surface area contributed by atoms with Crippen LogP contribution in [0, 0.1) is 11.6 Å². The third-order valence-corrected chi connectivity index (χ3v) is 5.03. The number of H-pyrrole nitrogens is 1. The van der Waals surface area contributed by atoms with E-state index in [4.69, 9.17) is 9.47 Å². The lowest BCUT2D eigenvalue weighted by molar-refractivity contribution is 0.0513. The van der Waals surface area contributed by atoms with Crippen molar-refractivity contribution in [3.63, 3.8) is 0 Å². The summed E-state index contributed by atoms with van der Waals surface area (Å²) in [7, 11) is 1.41. The van der Waals surface area contributed by atoms with Gasteiger partial charge in [-0.05, 0) is 25.1 Å². The minimum Gasteiger partial charge on any atom is -0.481 e. The van der Waals surface area contributed by atoms with Gasteiger partial charge in [-0.25, -0.2) is 33.0 Å². The van der Waals surface area contributed by atoms with Crippen LogP contribution in [0.4, 0.5) is 8.78 Å². The van der Waals surface area contributed by atoms with Crippen LogP contribution in [0.15, 0.2) is 49.2 Å². The average Bonchev–Trinajstić information content (AvgIpc) is 3.57. The summed E-state index contributed by atoms with van der Waals surface area (Å²) in [5, 5.41) is 4.15. The summed E-state index contributed by atoms with van der Waals surface area (Å²) < 4.78 is 42.0. The Kier molecular flexibility index (Phi) is 5.24. The highest BCUT2D eigenvalue weighted by atomic mass is 19.1. The van der Waals surface area contributed by atoms with Crippen LogP contribution in [-0.2, 0) is 4.74 Å². The van der Waals surface area contributed by atoms with Crippen molar-refractivity contribution in [2.75, 3.05) is 13.7 Å². The number of ether oxygens (including phenoxy) is 2. The maximum atomic E-state index is 15.1. The number of imidazole rings is 1. The second-order valence-corrected chi connectivity index (χ2v) is 7.08. The predicted molar refractivity (Wildman–Crippen MR) is 116 cm³/mol. The molecule has 0 atom stereocenters. The van der Waals surface area contributed by atoms with Crippen LogP contribution >= 0.6 is 0 Å². The number of nitrogens with zero attached hydrogens (tertiary/aromatic N) is 6. The van der Waals surface area contributed by atoms with Crippen molar-refractivity contribution in [3.05, 3.63) is 66.6 Å². The minimum atomic E-state index is -0.667. The highest BCUT2D eigenvalue weighted by Gasteiger charge is 2.20. The monoisotopic (exact) mass is 465 g/mol. The van der Waals surface area contributed by atoms with Crippen LogP contribution in [-0.4, -0.2) is 53.8 Å². The van der Waals surface area contributed by atoms with E-state index in [1.807, 2.05) is 0 Å². The number of nitrogens with one attached hydrogen (secondary N) is 1. The van der Waals surface area contributed by atoms with Gasteiger partial charge < -0.3 is 14.5 Å². The van der Waals surface area contributed by atoms with E-state index in [0.29, 0.717) is 28.2 Å². The van der Waals surface area contributed by atoms with Crippen molar-refractivity contribution in [2.45, 2.75) is 6.92 Å². The SMILES string of the molecule is CCOC(=O)c1ncc(-c2cnn3cc(F)c(-n4cccc4-c4cc(F)cnc4OC)nc23)[nH]1. The molecule has 5 aromatic heterocycles. The summed E-state index contributed by atoms with van der Waals surface area (Å²) in [4.78, 5) is 27.3. The molecule has 0 aliphatic rings. The van der Waals surface area contributed by atoms with E-state index in [1.54, 1.807) is 25.3 Å². The maximum absolute atomic E-state index is 15.1. The van der Waals surface area contributed by atoms with Gasteiger partial charge in [-0.3, -0.25) is 4.57 Å². The Hall–Kier alpha value is -4.61. The number of carbonyl (C=O) groups is 1. The number of pyridine rings is 1. The minimum absolute atomic E-state index is 0.0249. The van der Waals surface area contributed by atoms with Crippen molar-refractivity contribution < 1.29 is 23.0 Å². The largest absolute Gasteiger partial charge is 0.481 e. The number of aromatic amines is 1. The Bertz CT molecular complexity index is 1520. The summed E-state index contributed by atoms with van der Waals surface area (Å²) >= 11 is 0. The molecule has 0 fully saturated rings. The van der Waals surface area contributed by atoms with E-state index in [1.165, 1.54) is 40.8 Å². The molecular formula is C22H17F2N7O3. The van der Waals surface area contributed by atoms with Crippen LogP contribution in [0.2, 0.25) is 0 Å². The van der Waals surface area contributed by atoms with Gasteiger partial charge in [0.2, 0.25) is 11.7 Å². The predicted octanol–water partition coefficient (Wildman–Crippen LogP) is 3.44. The van der Waals surface area contributed by atoms with Gasteiger partial charge in [-0.1, -0.05) is 0 Å². The Morgan fingerprint density at radius 2 is 2.03 bits per heavy atom. The molecule has 0 saturated heterocycles. The highest BCUT2D eigenvalue weighted by molar-refractivity contribution is 5.87. The Morgan fingerprint density at radius 3 is 2.82 bits per heavy atom. The summed E-state index contributed by atoms with van der Waals surface area (Å²) in [6.07, 6.45) is 6.72. The number of fused-ring (bicyclic) bond motifs is 1. The van der Waals surface area contributed by atoms with E-state index in [2.05, 4.69) is 25.0 Å². The van der Waals surface area contributed by atoms with Gasteiger partial charge >= 0.3 is 5.97 Å². The van der Waals surface area contributed by atoms with Crippen molar-refractivity contribution in [3.8, 4) is 34.2 Å². The van der Waals surface area contributed by atoms with Gasteiger partial charge in [0.05, 0.1) is 61.0 Å². The Balaban J connectivity index is 1.63. The summed E-state index contributed by atoms with van der Waals surface area (Å²) in [6, 6.07) is 4.59. The molecule has 0 aliphatic carbocycles. The number of methoxy groups -OCH3 is 1. The summed E-state index contributed by atoms with van der Waals surface area (Å²) in [6.45, 7) is 1.90. The first-order chi connectivity index (χ1) is 16.5. The molecule has 0 saturated carbocycles. The number of hydrogen-bond acceptors (Lipinski definition) is 7. The van der Waals surface area contributed by atoms with Gasteiger partial charge in [0.1, 0.15) is 5.82 Å². The fourth-order valence-electron chi connectivity index (χ4n) is 3.56. The molecule has 5 aromatic rings. The van der Waals surface area contributed by atoms with Crippen LogP contribution in [0.5, 0.6) is 5.88 Å². The summed E-state index contributed by atoms with van der Waals surface area (Å²) in [5.74, 6) is -1.68. The number of carbonyl (C=O) groups excluding carboxylic acids is 1. The first-order valence-electron chi connectivity index (χ1n) is 10.1. The van der Waals surface area contributed by atoms with E-state index in [-0.39, 0.29) is 24.1 Å². The third-order valence-electron chi connectivity index (χ3n) is 5.03. The van der Waals surface area contributed by atoms with Crippen molar-refractivity contribution in [2.24, 2.45) is 0 Å². The van der Waals surface area contributed by atoms with Crippen LogP contribution in [0.25, 0.3) is 34.0 Å². The van der Waals surface area contributed by atoms with Crippen LogP contribution in [0.3, 0.4) is 0 Å². The van der Waals surface area contributed by atoms with Crippen molar-refractivity contribution >= 4 is 11.6 Å². The summed E-state index contributed by atoms with van der Waals surface area (Å²) in [5.41, 5.74) is 2.00. The average molecular weight is 465 g/mol. The smallest absolute Gasteiger partial charge is 0.374 e. The molecule has 0 aliphatic heterocycles. The molecule has 5 rings (SSSR count). The van der Waals surface area contributed by atoms with Gasteiger partial charge in [0, 0.05) is 6.20 Å². The topological polar surface area (TPSA) is 112 Å². The number of aromatic nitrogens is 7. The van der Waals surface area contributed by atoms with Gasteiger partial charge in [0.15, 0.2) is 17.3 Å². The molecule has 0 amide bonds. The molecule has 0 unspecified atom stereocenters. The zero-order chi connectivity index (χ0) is 23.8. The molecule has 0 bridgehead atoms. The van der Waals surface area contributed by atoms with E-state index < -0.39 is 17.6 Å². The second-order valence-electron chi connectivity index (χ2n) is 7.08. The molecule has 1 N–H and O–H groups in total. The zero-order valence-corrected chi connectivity index (χ0v) is 18.0. The normalized spacial score (nSPS) is 11.2. The van der Waals surface area contributed by atoms with E-state index in [0.717, 1.165) is 6.20 Å². The second kappa shape index (κ2) is 8.39. The molecule has 172 valence electrons. The fourth-order valence-corrected chi connectivity index (χ4v) is 3.56. The van der Waals surface area contributed by atoms with Gasteiger partial charge in [-0.15, -0.1) is 0 Å². The first kappa shape index (κ1) is 21.2. The lowest BCUT2D eigenvalue weighted by atomic mass is 10.2. The lowest BCUT2D eigenvalue weighted by Crippen LogP contribution is -2.07. The Labute approximate surface area is 190 Å². The number of hydrogen-bond donors (Lipinski definition) is 1. The Morgan fingerprint density at radius 1 is 1.18 bits per heavy atom. The van der Waals surface area contributed by atoms with Gasteiger partial charge in [0.25, 0.3) is 0 Å². The molecule has 5 heterocycles. The number of esters is 1. The third kappa shape index (κ3) is 3.54. The van der Waals surface area contributed by atoms with Crippen LogP contribution in [0.1, 0.15) is 17.5 Å². The van der Waals surface area contributed by atoms with E-state index in [9.17, 15) is 9.18 Å². The zero-order valence-electron chi connectivity index (χ0n) is 18.0. The highest BCUT2D eigenvalue weighted by Crippen LogP contribution is 2.32. The molecule has 34 heavy (non-hydrogen) atoms. The number of rotatable bonds is 6. The van der Waals surface area contributed by atoms with Crippen molar-refractivity contribution in [1.29, 1.82) is 0 Å². The van der Waals surface area contributed by atoms with Crippen molar-refractivity contribution in [1.82, 2.24) is 34.1 Å². The molecular weight excluding hydrogens is 448 g/mol. The molecule has 0 spiro atoms.